The predicted molar refractivity (Wildman–Crippen MR) is 64.2 cm³/mol. The number of benzene rings is 1. The summed E-state index contributed by atoms with van der Waals surface area (Å²) in [6, 6.07) is 6.00. The van der Waals surface area contributed by atoms with Crippen LogP contribution in [-0.2, 0) is 6.42 Å². The zero-order valence-electron chi connectivity index (χ0n) is 10.0. The van der Waals surface area contributed by atoms with E-state index < -0.39 is 0 Å². The Morgan fingerprint density at radius 1 is 1.00 bits per heavy atom. The average molecular weight is 224 g/mol. The van der Waals surface area contributed by atoms with Crippen molar-refractivity contribution in [1.82, 2.24) is 0 Å². The van der Waals surface area contributed by atoms with Crippen LogP contribution in [0.4, 0.5) is 0 Å². The Hall–Kier alpha value is -1.22. The van der Waals surface area contributed by atoms with Crippen LogP contribution in [0, 0.1) is 0 Å². The van der Waals surface area contributed by atoms with E-state index in [9.17, 15) is 0 Å². The van der Waals surface area contributed by atoms with Gasteiger partial charge in [0.15, 0.2) is 11.5 Å². The predicted octanol–water partition coefficient (Wildman–Crippen LogP) is 2.41. The standard InChI is InChI=1S/C13H20O3/c1-15-12-8-7-11(10-13(12)16-2)6-4-3-5-9-14/h7-8,10,14H,3-6,9H2,1-2H3. The molecule has 3 heteroatoms. The van der Waals surface area contributed by atoms with Crippen LogP contribution in [0.15, 0.2) is 18.2 Å². The van der Waals surface area contributed by atoms with Gasteiger partial charge in [0.1, 0.15) is 0 Å². The molecule has 16 heavy (non-hydrogen) atoms. The molecule has 0 aliphatic heterocycles. The fourth-order valence-corrected chi connectivity index (χ4v) is 1.65. The molecule has 3 nitrogen and oxygen atoms in total. The molecule has 0 aliphatic rings. The van der Waals surface area contributed by atoms with E-state index in [0.29, 0.717) is 0 Å². The summed E-state index contributed by atoms with van der Waals surface area (Å²) in [5.41, 5.74) is 1.25. The molecule has 1 rings (SSSR count). The highest BCUT2D eigenvalue weighted by atomic mass is 16.5. The normalized spacial score (nSPS) is 10.2. The van der Waals surface area contributed by atoms with Crippen LogP contribution >= 0.6 is 0 Å². The molecular formula is C13H20O3. The first-order valence-electron chi connectivity index (χ1n) is 5.63. The van der Waals surface area contributed by atoms with Crippen LogP contribution in [0.2, 0.25) is 0 Å². The highest BCUT2D eigenvalue weighted by Gasteiger charge is 2.03. The van der Waals surface area contributed by atoms with Gasteiger partial charge < -0.3 is 14.6 Å². The molecule has 1 aromatic rings. The van der Waals surface area contributed by atoms with Gasteiger partial charge in [0.25, 0.3) is 0 Å². The molecule has 0 heterocycles. The van der Waals surface area contributed by atoms with Crippen molar-refractivity contribution in [2.75, 3.05) is 20.8 Å². The van der Waals surface area contributed by atoms with Crippen molar-refractivity contribution in [3.63, 3.8) is 0 Å². The van der Waals surface area contributed by atoms with Gasteiger partial charge in [-0.2, -0.15) is 0 Å². The molecule has 0 aliphatic carbocycles. The van der Waals surface area contributed by atoms with Crippen LogP contribution in [0.5, 0.6) is 11.5 Å². The second-order valence-corrected chi connectivity index (χ2v) is 3.72. The topological polar surface area (TPSA) is 38.7 Å². The van der Waals surface area contributed by atoms with Gasteiger partial charge >= 0.3 is 0 Å². The van der Waals surface area contributed by atoms with E-state index in [1.165, 1.54) is 5.56 Å². The van der Waals surface area contributed by atoms with Crippen molar-refractivity contribution in [3.05, 3.63) is 23.8 Å². The van der Waals surface area contributed by atoms with Crippen molar-refractivity contribution >= 4 is 0 Å². The second kappa shape index (κ2) is 7.12. The van der Waals surface area contributed by atoms with E-state index in [1.54, 1.807) is 14.2 Å². The Morgan fingerprint density at radius 2 is 1.75 bits per heavy atom. The van der Waals surface area contributed by atoms with E-state index in [4.69, 9.17) is 14.6 Å². The second-order valence-electron chi connectivity index (χ2n) is 3.72. The van der Waals surface area contributed by atoms with E-state index >= 15 is 0 Å². The Balaban J connectivity index is 2.54. The number of rotatable bonds is 7. The van der Waals surface area contributed by atoms with Gasteiger partial charge in [-0.15, -0.1) is 0 Å². The summed E-state index contributed by atoms with van der Waals surface area (Å²) >= 11 is 0. The van der Waals surface area contributed by atoms with Crippen molar-refractivity contribution in [1.29, 1.82) is 0 Å². The summed E-state index contributed by atoms with van der Waals surface area (Å²) in [5, 5.41) is 8.68. The SMILES string of the molecule is COc1ccc(CCCCCO)cc1OC. The van der Waals surface area contributed by atoms with Crippen LogP contribution < -0.4 is 9.47 Å². The lowest BCUT2D eigenvalue weighted by molar-refractivity contribution is 0.283. The summed E-state index contributed by atoms with van der Waals surface area (Å²) < 4.78 is 10.4. The summed E-state index contributed by atoms with van der Waals surface area (Å²) in [7, 11) is 3.28. The van der Waals surface area contributed by atoms with Crippen molar-refractivity contribution < 1.29 is 14.6 Å². The summed E-state index contributed by atoms with van der Waals surface area (Å²) in [4.78, 5) is 0. The first kappa shape index (κ1) is 12.8. The molecule has 0 atom stereocenters. The molecule has 0 amide bonds. The largest absolute Gasteiger partial charge is 0.493 e. The maximum atomic E-state index is 8.68. The van der Waals surface area contributed by atoms with E-state index in [-0.39, 0.29) is 6.61 Å². The van der Waals surface area contributed by atoms with Gasteiger partial charge in [0.2, 0.25) is 0 Å². The maximum Gasteiger partial charge on any atom is 0.160 e. The number of ether oxygens (including phenoxy) is 2. The third-order valence-corrected chi connectivity index (χ3v) is 2.57. The fraction of sp³-hybridized carbons (Fsp3) is 0.538. The number of hydrogen-bond donors (Lipinski definition) is 1. The first-order valence-corrected chi connectivity index (χ1v) is 5.63. The van der Waals surface area contributed by atoms with Gasteiger partial charge in [0.05, 0.1) is 14.2 Å². The zero-order chi connectivity index (χ0) is 11.8. The van der Waals surface area contributed by atoms with Gasteiger partial charge in [-0.25, -0.2) is 0 Å². The highest BCUT2D eigenvalue weighted by Crippen LogP contribution is 2.28. The minimum atomic E-state index is 0.284. The highest BCUT2D eigenvalue weighted by molar-refractivity contribution is 5.42. The van der Waals surface area contributed by atoms with Crippen molar-refractivity contribution in [3.8, 4) is 11.5 Å². The minimum Gasteiger partial charge on any atom is -0.493 e. The number of aliphatic hydroxyl groups is 1. The van der Waals surface area contributed by atoms with Gasteiger partial charge in [-0.05, 0) is 37.0 Å². The average Bonchev–Trinajstić information content (AvgIpc) is 2.34. The molecule has 0 spiro atoms. The molecule has 0 fully saturated rings. The fourth-order valence-electron chi connectivity index (χ4n) is 1.65. The van der Waals surface area contributed by atoms with Crippen molar-refractivity contribution in [2.45, 2.75) is 25.7 Å². The quantitative estimate of drug-likeness (QED) is 0.723. The summed E-state index contributed by atoms with van der Waals surface area (Å²) in [6.07, 6.45) is 4.05. The van der Waals surface area contributed by atoms with Crippen LogP contribution in [0.25, 0.3) is 0 Å². The number of unbranched alkanes of at least 4 members (excludes halogenated alkanes) is 2. The smallest absolute Gasteiger partial charge is 0.160 e. The monoisotopic (exact) mass is 224 g/mol. The molecule has 0 radical (unpaired) electrons. The molecule has 0 bridgehead atoms. The van der Waals surface area contributed by atoms with E-state index in [0.717, 1.165) is 37.2 Å². The number of aliphatic hydroxyl groups excluding tert-OH is 1. The molecular weight excluding hydrogens is 204 g/mol. The Morgan fingerprint density at radius 3 is 2.38 bits per heavy atom. The number of hydrogen-bond acceptors (Lipinski definition) is 3. The van der Waals surface area contributed by atoms with Gasteiger partial charge in [-0.1, -0.05) is 12.5 Å². The maximum absolute atomic E-state index is 8.68. The van der Waals surface area contributed by atoms with E-state index in [1.807, 2.05) is 12.1 Å². The molecule has 0 saturated heterocycles. The molecule has 1 aromatic carbocycles. The molecule has 0 aromatic heterocycles. The lowest BCUT2D eigenvalue weighted by Crippen LogP contribution is -1.93. The lowest BCUT2D eigenvalue weighted by Gasteiger charge is -2.09. The zero-order valence-corrected chi connectivity index (χ0v) is 10.0. The third kappa shape index (κ3) is 3.74. The number of aryl methyl sites for hydroxylation is 1. The Labute approximate surface area is 97.0 Å². The van der Waals surface area contributed by atoms with Crippen LogP contribution in [0.1, 0.15) is 24.8 Å². The molecule has 0 saturated carbocycles. The van der Waals surface area contributed by atoms with Crippen LogP contribution in [0.3, 0.4) is 0 Å². The molecule has 0 unspecified atom stereocenters. The molecule has 1 N–H and O–H groups in total. The number of methoxy groups -OCH3 is 2. The first-order chi connectivity index (χ1) is 7.81. The summed E-state index contributed by atoms with van der Waals surface area (Å²) in [5.74, 6) is 1.55. The molecule has 90 valence electrons. The Bertz CT molecular complexity index is 310. The minimum absolute atomic E-state index is 0.284. The van der Waals surface area contributed by atoms with Gasteiger partial charge in [-0.3, -0.25) is 0 Å². The summed E-state index contributed by atoms with van der Waals surface area (Å²) in [6.45, 7) is 0.284. The van der Waals surface area contributed by atoms with E-state index in [2.05, 4.69) is 6.07 Å². The van der Waals surface area contributed by atoms with Crippen LogP contribution in [-0.4, -0.2) is 25.9 Å². The van der Waals surface area contributed by atoms with Crippen molar-refractivity contribution in [2.24, 2.45) is 0 Å². The lowest BCUT2D eigenvalue weighted by atomic mass is 10.1. The van der Waals surface area contributed by atoms with Gasteiger partial charge in [0, 0.05) is 6.61 Å². The Kier molecular flexibility index (Phi) is 5.72. The third-order valence-electron chi connectivity index (χ3n) is 2.57.